The van der Waals surface area contributed by atoms with E-state index in [0.717, 1.165) is 11.2 Å². The Morgan fingerprint density at radius 3 is 2.65 bits per heavy atom. The number of carbonyl (C=O) groups is 1. The number of fused-ring (bicyclic) bond motifs is 4. The summed E-state index contributed by atoms with van der Waals surface area (Å²) in [6, 6.07) is 3.35. The molecule has 0 aliphatic carbocycles. The zero-order valence-corrected chi connectivity index (χ0v) is 21.5. The number of pyridine rings is 1. The summed E-state index contributed by atoms with van der Waals surface area (Å²) in [7, 11) is 0. The fraction of sp³-hybridized carbons (Fsp3) is 0.519. The van der Waals surface area contributed by atoms with E-state index in [2.05, 4.69) is 59.9 Å². The lowest BCUT2D eigenvalue weighted by atomic mass is 9.86. The van der Waals surface area contributed by atoms with Crippen LogP contribution in [-0.4, -0.2) is 48.9 Å². The molecule has 6 nitrogen and oxygen atoms in total. The normalized spacial score (nSPS) is 23.1. The molecule has 0 amide bonds. The highest BCUT2D eigenvalue weighted by molar-refractivity contribution is 7.19. The minimum atomic E-state index is 0.296. The van der Waals surface area contributed by atoms with Crippen LogP contribution in [0.15, 0.2) is 18.6 Å². The molecule has 2 atom stereocenters. The van der Waals surface area contributed by atoms with Gasteiger partial charge in [0.25, 0.3) is 0 Å². The number of aromatic amines is 1. The van der Waals surface area contributed by atoms with Gasteiger partial charge in [0.05, 0.1) is 12.2 Å². The van der Waals surface area contributed by atoms with Crippen LogP contribution >= 0.6 is 11.3 Å². The lowest BCUT2D eigenvalue weighted by Crippen LogP contribution is -2.44. The second-order valence-corrected chi connectivity index (χ2v) is 11.8. The number of nitrogens with one attached hydrogen (secondary N) is 1. The van der Waals surface area contributed by atoms with E-state index in [0.29, 0.717) is 36.2 Å². The zero-order chi connectivity index (χ0) is 23.7. The third-order valence-electron chi connectivity index (χ3n) is 8.05. The summed E-state index contributed by atoms with van der Waals surface area (Å²) in [5, 5.41) is 5.80. The number of aromatic nitrogens is 4. The molecule has 0 spiro atoms. The summed E-state index contributed by atoms with van der Waals surface area (Å²) in [6.45, 7) is 11.4. The van der Waals surface area contributed by atoms with Crippen molar-refractivity contribution in [2.24, 2.45) is 0 Å². The van der Waals surface area contributed by atoms with E-state index < -0.39 is 0 Å². The Morgan fingerprint density at radius 2 is 1.97 bits per heavy atom. The molecule has 7 heteroatoms. The van der Waals surface area contributed by atoms with E-state index in [1.165, 1.54) is 58.3 Å². The number of aryl methyl sites for hydroxylation is 2. The van der Waals surface area contributed by atoms with Crippen LogP contribution in [0.3, 0.4) is 0 Å². The maximum Gasteiger partial charge on any atom is 0.158 e. The fourth-order valence-corrected chi connectivity index (χ4v) is 8.03. The Morgan fingerprint density at radius 1 is 1.24 bits per heavy atom. The average molecular weight is 476 g/mol. The highest BCUT2D eigenvalue weighted by Gasteiger charge is 2.42. The quantitative estimate of drug-likeness (QED) is 0.386. The van der Waals surface area contributed by atoms with Crippen molar-refractivity contribution in [2.45, 2.75) is 84.2 Å². The Labute approximate surface area is 204 Å². The first-order chi connectivity index (χ1) is 16.3. The molecule has 2 aliphatic rings. The van der Waals surface area contributed by atoms with Gasteiger partial charge in [0.2, 0.25) is 0 Å². The number of hydrogen-bond acceptors (Lipinski definition) is 5. The molecule has 2 bridgehead atoms. The summed E-state index contributed by atoms with van der Waals surface area (Å²) < 4.78 is 1.88. The predicted molar refractivity (Wildman–Crippen MR) is 138 cm³/mol. The highest BCUT2D eigenvalue weighted by atomic mass is 32.1. The standard InChI is InChI=1S/C27H33N5OS/c1-14(2)22-23-17(5)25(18-9-20-6-7-21(10-18)31(20)11-16(4)33)34-27(23)30-24(22)19-8-15(3)26-28-13-29-32(26)12-19/h8,12-14,18,20-21,30H,6-7,9-11H2,1-5H3. The van der Waals surface area contributed by atoms with Crippen LogP contribution in [-0.2, 0) is 4.79 Å². The molecular formula is C27H33N5OS. The van der Waals surface area contributed by atoms with Crippen molar-refractivity contribution in [3.8, 4) is 11.3 Å². The molecule has 2 fully saturated rings. The first kappa shape index (κ1) is 22.0. The van der Waals surface area contributed by atoms with Crippen LogP contribution in [0.5, 0.6) is 0 Å². The number of thiophene rings is 1. The topological polar surface area (TPSA) is 66.3 Å². The third kappa shape index (κ3) is 3.35. The Kier molecular flexibility index (Phi) is 5.19. The van der Waals surface area contributed by atoms with E-state index in [4.69, 9.17) is 0 Å². The predicted octanol–water partition coefficient (Wildman–Crippen LogP) is 5.98. The van der Waals surface area contributed by atoms with Crippen LogP contribution in [0.25, 0.3) is 27.1 Å². The van der Waals surface area contributed by atoms with Gasteiger partial charge in [0.1, 0.15) is 16.9 Å². The summed E-state index contributed by atoms with van der Waals surface area (Å²) >= 11 is 1.96. The Hall–Kier alpha value is -2.51. The van der Waals surface area contributed by atoms with Gasteiger partial charge in [0.15, 0.2) is 5.65 Å². The monoisotopic (exact) mass is 475 g/mol. The number of carbonyl (C=O) groups excluding carboxylic acids is 1. The summed E-state index contributed by atoms with van der Waals surface area (Å²) in [5.41, 5.74) is 7.28. The van der Waals surface area contributed by atoms with Crippen LogP contribution in [0.4, 0.5) is 0 Å². The van der Waals surface area contributed by atoms with Gasteiger partial charge in [-0.1, -0.05) is 13.8 Å². The van der Waals surface area contributed by atoms with Crippen molar-refractivity contribution in [3.63, 3.8) is 0 Å². The van der Waals surface area contributed by atoms with Crippen molar-refractivity contribution in [1.82, 2.24) is 24.5 Å². The number of Topliss-reactive ketones (excluding diaryl/α,β-unsaturated/α-hetero) is 1. The number of piperidine rings is 1. The van der Waals surface area contributed by atoms with Gasteiger partial charge in [-0.2, -0.15) is 5.10 Å². The molecule has 2 aliphatic heterocycles. The summed E-state index contributed by atoms with van der Waals surface area (Å²) in [5.74, 6) is 1.30. The van der Waals surface area contributed by atoms with Crippen LogP contribution < -0.4 is 0 Å². The molecule has 0 saturated carbocycles. The molecule has 34 heavy (non-hydrogen) atoms. The molecule has 6 heterocycles. The maximum absolute atomic E-state index is 11.8. The van der Waals surface area contributed by atoms with Crippen molar-refractivity contribution in [1.29, 1.82) is 0 Å². The van der Waals surface area contributed by atoms with Gasteiger partial charge < -0.3 is 4.98 Å². The molecule has 1 N–H and O–H groups in total. The molecule has 2 unspecified atom stereocenters. The summed E-state index contributed by atoms with van der Waals surface area (Å²) in [4.78, 5) is 25.3. The largest absolute Gasteiger partial charge is 0.346 e. The molecule has 4 aromatic heterocycles. The molecule has 0 aromatic carbocycles. The number of ketones is 1. The molecule has 4 aromatic rings. The van der Waals surface area contributed by atoms with Crippen molar-refractivity contribution in [3.05, 3.63) is 40.2 Å². The van der Waals surface area contributed by atoms with Crippen LogP contribution in [0.2, 0.25) is 0 Å². The highest BCUT2D eigenvalue weighted by Crippen LogP contribution is 2.49. The molecule has 0 radical (unpaired) electrons. The lowest BCUT2D eigenvalue weighted by molar-refractivity contribution is -0.119. The molecule has 6 rings (SSSR count). The van der Waals surface area contributed by atoms with E-state index in [-0.39, 0.29) is 0 Å². The average Bonchev–Trinajstić information content (AvgIpc) is 3.51. The Balaban J connectivity index is 1.40. The minimum Gasteiger partial charge on any atom is -0.346 e. The number of hydrogen-bond donors (Lipinski definition) is 1. The van der Waals surface area contributed by atoms with E-state index in [1.807, 2.05) is 15.9 Å². The van der Waals surface area contributed by atoms with Crippen molar-refractivity contribution < 1.29 is 4.79 Å². The van der Waals surface area contributed by atoms with Gasteiger partial charge in [-0.3, -0.25) is 9.69 Å². The van der Waals surface area contributed by atoms with Crippen molar-refractivity contribution in [2.75, 3.05) is 6.54 Å². The van der Waals surface area contributed by atoms with Crippen molar-refractivity contribution >= 4 is 33.0 Å². The van der Waals surface area contributed by atoms with Crippen LogP contribution in [0, 0.1) is 13.8 Å². The van der Waals surface area contributed by atoms with Crippen LogP contribution in [0.1, 0.15) is 79.9 Å². The van der Waals surface area contributed by atoms with E-state index in [1.54, 1.807) is 18.1 Å². The third-order valence-corrected chi connectivity index (χ3v) is 9.42. The Bertz CT molecular complexity index is 1400. The van der Waals surface area contributed by atoms with E-state index >= 15 is 0 Å². The first-order valence-electron chi connectivity index (χ1n) is 12.5. The molecular weight excluding hydrogens is 442 g/mol. The number of H-pyrrole nitrogens is 1. The van der Waals surface area contributed by atoms with E-state index in [9.17, 15) is 4.79 Å². The number of nitrogens with zero attached hydrogens (tertiary/aromatic N) is 4. The fourth-order valence-electron chi connectivity index (χ4n) is 6.68. The zero-order valence-electron chi connectivity index (χ0n) is 20.7. The maximum atomic E-state index is 11.8. The number of rotatable bonds is 5. The first-order valence-corrected chi connectivity index (χ1v) is 13.3. The van der Waals surface area contributed by atoms with Gasteiger partial charge in [-0.05, 0) is 81.0 Å². The lowest BCUT2D eigenvalue weighted by Gasteiger charge is -2.38. The minimum absolute atomic E-state index is 0.296. The summed E-state index contributed by atoms with van der Waals surface area (Å²) in [6.07, 6.45) is 8.55. The van der Waals surface area contributed by atoms with Gasteiger partial charge in [-0.15, -0.1) is 11.3 Å². The molecule has 2 saturated heterocycles. The molecule has 178 valence electrons. The second-order valence-electron chi connectivity index (χ2n) is 10.7. The van der Waals surface area contributed by atoms with Gasteiger partial charge >= 0.3 is 0 Å². The smallest absolute Gasteiger partial charge is 0.158 e. The van der Waals surface area contributed by atoms with Gasteiger partial charge in [-0.25, -0.2) is 9.50 Å². The SMILES string of the molecule is CC(=O)CN1C2CCC1CC(c1sc3[nH]c(-c4cc(C)c5ncnn5c4)c(C(C)C)c3c1C)C2. The second kappa shape index (κ2) is 8.02. The van der Waals surface area contributed by atoms with Gasteiger partial charge in [0, 0.05) is 34.1 Å².